The molecule has 1 amide bonds. The van der Waals surface area contributed by atoms with Crippen LogP contribution in [0.3, 0.4) is 0 Å². The van der Waals surface area contributed by atoms with Gasteiger partial charge >= 0.3 is 0 Å². The van der Waals surface area contributed by atoms with Crippen LogP contribution in [-0.2, 0) is 4.79 Å². The molecule has 0 aromatic heterocycles. The van der Waals surface area contributed by atoms with Crippen LogP contribution < -0.4 is 0 Å². The van der Waals surface area contributed by atoms with Crippen LogP contribution in [0, 0.1) is 5.92 Å². The van der Waals surface area contributed by atoms with E-state index in [9.17, 15) is 9.18 Å². The zero-order valence-electron chi connectivity index (χ0n) is 11.7. The SMILES string of the molecule is CC(C)CN(C)CC(=O)N1CCCCC1.CF. The summed E-state index contributed by atoms with van der Waals surface area (Å²) < 4.78 is 9.50. The lowest BCUT2D eigenvalue weighted by molar-refractivity contribution is -0.133. The lowest BCUT2D eigenvalue weighted by Crippen LogP contribution is -2.42. The maximum Gasteiger partial charge on any atom is 0.236 e. The number of rotatable bonds is 4. The van der Waals surface area contributed by atoms with Crippen molar-refractivity contribution in [3.8, 4) is 0 Å². The van der Waals surface area contributed by atoms with Crippen molar-refractivity contribution < 1.29 is 9.18 Å². The van der Waals surface area contributed by atoms with Crippen LogP contribution >= 0.6 is 0 Å². The van der Waals surface area contributed by atoms with Gasteiger partial charge in [0.1, 0.15) is 0 Å². The van der Waals surface area contributed by atoms with Crippen molar-refractivity contribution in [2.45, 2.75) is 33.1 Å². The Morgan fingerprint density at radius 2 is 1.76 bits per heavy atom. The Balaban J connectivity index is 0.00000121. The summed E-state index contributed by atoms with van der Waals surface area (Å²) in [5, 5.41) is 0. The molecule has 1 rings (SSSR count). The van der Waals surface area contributed by atoms with Crippen LogP contribution in [0.15, 0.2) is 0 Å². The molecule has 1 saturated heterocycles. The maximum absolute atomic E-state index is 11.9. The molecule has 0 bridgehead atoms. The first-order chi connectivity index (χ1) is 8.09. The zero-order valence-corrected chi connectivity index (χ0v) is 11.7. The van der Waals surface area contributed by atoms with E-state index >= 15 is 0 Å². The molecule has 0 N–H and O–H groups in total. The molecular formula is C13H27FN2O. The molecule has 1 fully saturated rings. The molecule has 0 aromatic carbocycles. The number of carbonyl (C=O) groups excluding carboxylic acids is 1. The van der Waals surface area contributed by atoms with Crippen molar-refractivity contribution in [1.82, 2.24) is 9.80 Å². The third-order valence-electron chi connectivity index (χ3n) is 2.79. The van der Waals surface area contributed by atoms with E-state index in [4.69, 9.17) is 0 Å². The zero-order chi connectivity index (χ0) is 13.3. The maximum atomic E-state index is 11.9. The summed E-state index contributed by atoms with van der Waals surface area (Å²) in [6.45, 7) is 7.88. The average molecular weight is 246 g/mol. The van der Waals surface area contributed by atoms with Gasteiger partial charge in [-0.25, -0.2) is 0 Å². The molecule has 4 heteroatoms. The third kappa shape index (κ3) is 7.31. The van der Waals surface area contributed by atoms with Gasteiger partial charge in [-0.15, -0.1) is 0 Å². The van der Waals surface area contributed by atoms with Gasteiger partial charge in [0.2, 0.25) is 5.91 Å². The summed E-state index contributed by atoms with van der Waals surface area (Å²) in [7, 11) is 2.53. The lowest BCUT2D eigenvalue weighted by atomic mass is 10.1. The molecule has 0 aliphatic carbocycles. The summed E-state index contributed by atoms with van der Waals surface area (Å²) in [4.78, 5) is 16.0. The Morgan fingerprint density at radius 1 is 1.24 bits per heavy atom. The summed E-state index contributed by atoms with van der Waals surface area (Å²) in [6, 6.07) is 0. The van der Waals surface area contributed by atoms with Crippen LogP contribution in [0.5, 0.6) is 0 Å². The van der Waals surface area contributed by atoms with Crippen LogP contribution in [-0.4, -0.2) is 56.1 Å². The van der Waals surface area contributed by atoms with Crippen LogP contribution in [0.25, 0.3) is 0 Å². The Kier molecular flexibility index (Phi) is 9.04. The van der Waals surface area contributed by atoms with Crippen LogP contribution in [0.2, 0.25) is 0 Å². The molecule has 3 nitrogen and oxygen atoms in total. The van der Waals surface area contributed by atoms with Gasteiger partial charge < -0.3 is 4.90 Å². The Bertz CT molecular complexity index is 204. The van der Waals surface area contributed by atoms with Crippen molar-refractivity contribution in [2.24, 2.45) is 5.92 Å². The van der Waals surface area contributed by atoms with E-state index in [1.807, 2.05) is 11.9 Å². The number of carbonyl (C=O) groups is 1. The molecule has 0 aromatic rings. The number of likely N-dealkylation sites (N-methyl/N-ethyl adjacent to an activating group) is 1. The highest BCUT2D eigenvalue weighted by Crippen LogP contribution is 2.09. The molecular weight excluding hydrogens is 219 g/mol. The number of halogens is 1. The van der Waals surface area contributed by atoms with Gasteiger partial charge in [0.05, 0.1) is 13.7 Å². The standard InChI is InChI=1S/C12H24N2O.CH3F/c1-11(2)9-13(3)10-12(15)14-7-5-4-6-8-14;1-2/h11H,4-10H2,1-3H3;1H3. The number of piperidine rings is 1. The van der Waals surface area contributed by atoms with Crippen molar-refractivity contribution in [3.05, 3.63) is 0 Å². The van der Waals surface area contributed by atoms with Gasteiger partial charge in [0.15, 0.2) is 0 Å². The summed E-state index contributed by atoms with van der Waals surface area (Å²) in [5.74, 6) is 0.932. The monoisotopic (exact) mass is 246 g/mol. The van der Waals surface area contributed by atoms with Crippen LogP contribution in [0.1, 0.15) is 33.1 Å². The van der Waals surface area contributed by atoms with Crippen molar-refractivity contribution in [3.63, 3.8) is 0 Å². The van der Waals surface area contributed by atoms with E-state index in [0.29, 0.717) is 25.5 Å². The molecule has 0 atom stereocenters. The van der Waals surface area contributed by atoms with Crippen molar-refractivity contribution in [2.75, 3.05) is 40.4 Å². The fraction of sp³-hybridized carbons (Fsp3) is 0.923. The Hall–Kier alpha value is -0.640. The van der Waals surface area contributed by atoms with Gasteiger partial charge in [-0.2, -0.15) is 0 Å². The topological polar surface area (TPSA) is 23.6 Å². The highest BCUT2D eigenvalue weighted by Gasteiger charge is 2.17. The number of likely N-dealkylation sites (tertiary alicyclic amines) is 1. The summed E-state index contributed by atoms with van der Waals surface area (Å²) in [6.07, 6.45) is 3.64. The molecule has 1 heterocycles. The van der Waals surface area contributed by atoms with Crippen molar-refractivity contribution >= 4 is 5.91 Å². The fourth-order valence-electron chi connectivity index (χ4n) is 2.16. The first-order valence-corrected chi connectivity index (χ1v) is 6.43. The molecule has 0 radical (unpaired) electrons. The third-order valence-corrected chi connectivity index (χ3v) is 2.79. The molecule has 0 saturated carbocycles. The van der Waals surface area contributed by atoms with Gasteiger partial charge in [-0.1, -0.05) is 13.8 Å². The second-order valence-corrected chi connectivity index (χ2v) is 5.03. The quantitative estimate of drug-likeness (QED) is 0.759. The van der Waals surface area contributed by atoms with E-state index in [0.717, 1.165) is 19.6 Å². The minimum absolute atomic E-state index is 0.304. The number of hydrogen-bond acceptors (Lipinski definition) is 2. The largest absolute Gasteiger partial charge is 0.342 e. The molecule has 1 aliphatic rings. The molecule has 0 unspecified atom stereocenters. The van der Waals surface area contributed by atoms with E-state index in [2.05, 4.69) is 18.7 Å². The predicted molar refractivity (Wildman–Crippen MR) is 69.8 cm³/mol. The summed E-state index contributed by atoms with van der Waals surface area (Å²) >= 11 is 0. The predicted octanol–water partition coefficient (Wildman–Crippen LogP) is 2.17. The van der Waals surface area contributed by atoms with Gasteiger partial charge in [0.25, 0.3) is 0 Å². The normalized spacial score (nSPS) is 15.8. The number of amides is 1. The highest BCUT2D eigenvalue weighted by atomic mass is 19.1. The molecule has 102 valence electrons. The molecule has 1 aliphatic heterocycles. The van der Waals surface area contributed by atoms with Gasteiger partial charge in [-0.3, -0.25) is 14.1 Å². The first-order valence-electron chi connectivity index (χ1n) is 6.43. The lowest BCUT2D eigenvalue weighted by Gasteiger charge is -2.29. The Labute approximate surface area is 105 Å². The molecule has 0 spiro atoms. The second kappa shape index (κ2) is 9.40. The second-order valence-electron chi connectivity index (χ2n) is 5.03. The fourth-order valence-corrected chi connectivity index (χ4v) is 2.16. The van der Waals surface area contributed by atoms with Gasteiger partial charge in [0, 0.05) is 19.6 Å². The van der Waals surface area contributed by atoms with Crippen LogP contribution in [0.4, 0.5) is 4.39 Å². The highest BCUT2D eigenvalue weighted by molar-refractivity contribution is 5.78. The minimum Gasteiger partial charge on any atom is -0.342 e. The molecule has 17 heavy (non-hydrogen) atoms. The smallest absolute Gasteiger partial charge is 0.236 e. The number of nitrogens with zero attached hydrogens (tertiary/aromatic N) is 2. The van der Waals surface area contributed by atoms with E-state index in [1.54, 1.807) is 0 Å². The van der Waals surface area contributed by atoms with E-state index in [1.165, 1.54) is 19.3 Å². The van der Waals surface area contributed by atoms with E-state index < -0.39 is 0 Å². The Morgan fingerprint density at radius 3 is 2.24 bits per heavy atom. The van der Waals surface area contributed by atoms with E-state index in [-0.39, 0.29) is 0 Å². The first kappa shape index (κ1) is 16.4. The minimum atomic E-state index is 0.304. The number of alkyl halides is 1. The summed E-state index contributed by atoms with van der Waals surface area (Å²) in [5.41, 5.74) is 0. The average Bonchev–Trinajstić information content (AvgIpc) is 2.31. The van der Waals surface area contributed by atoms with Gasteiger partial charge in [-0.05, 0) is 32.2 Å². The number of hydrogen-bond donors (Lipinski definition) is 0. The van der Waals surface area contributed by atoms with Crippen molar-refractivity contribution in [1.29, 1.82) is 0 Å².